The van der Waals surface area contributed by atoms with Gasteiger partial charge >= 0.3 is 0 Å². The van der Waals surface area contributed by atoms with Crippen molar-refractivity contribution in [2.45, 2.75) is 67.2 Å². The molecule has 0 aliphatic carbocycles. The van der Waals surface area contributed by atoms with Crippen LogP contribution in [0.25, 0.3) is 0 Å². The molecule has 8 nitrogen and oxygen atoms in total. The fraction of sp³-hybridized carbons (Fsp3) is 0.909. The van der Waals surface area contributed by atoms with Gasteiger partial charge in [-0.3, -0.25) is 0 Å². The van der Waals surface area contributed by atoms with Crippen LogP contribution in [0.15, 0.2) is 10.3 Å². The number of rotatable bonds is 6. The molecule has 4 N–H and O–H groups in total. The molecular weight excluding hydrogens is 380 g/mol. The van der Waals surface area contributed by atoms with Crippen LogP contribution >= 0.6 is 0 Å². The van der Waals surface area contributed by atoms with Crippen LogP contribution in [0.4, 0.5) is 0 Å². The number of hydrogen-bond acceptors (Lipinski definition) is 8. The Morgan fingerprint density at radius 1 is 0.600 bits per heavy atom. The zero-order valence-corrected chi connectivity index (χ0v) is 20.6. The van der Waals surface area contributed by atoms with Crippen LogP contribution in [-0.2, 0) is 0 Å². The number of nitrogens with one attached hydrogen (secondary N) is 2. The quantitative estimate of drug-likeness (QED) is 0.382. The Hall–Kier alpha value is -1.22. The van der Waals surface area contributed by atoms with Gasteiger partial charge in [-0.25, -0.2) is 0 Å². The highest BCUT2D eigenvalue weighted by atomic mass is 16.4. The van der Waals surface area contributed by atoms with Crippen molar-refractivity contribution >= 4 is 11.4 Å². The Kier molecular flexibility index (Phi) is 24.8. The fourth-order valence-electron chi connectivity index (χ4n) is 2.95. The zero-order valence-electron chi connectivity index (χ0n) is 20.6. The normalized spacial score (nSPS) is 16.9. The Balaban J connectivity index is 0. The summed E-state index contributed by atoms with van der Waals surface area (Å²) in [6, 6.07) is 0. The molecule has 0 saturated carbocycles. The summed E-state index contributed by atoms with van der Waals surface area (Å²) in [6.07, 6.45) is 3.74. The monoisotopic (exact) mass is 430 g/mol. The van der Waals surface area contributed by atoms with E-state index in [9.17, 15) is 0 Å². The van der Waals surface area contributed by atoms with E-state index in [4.69, 9.17) is 10.4 Å². The largest absolute Gasteiger partial charge is 0.411 e. The van der Waals surface area contributed by atoms with Crippen molar-refractivity contribution in [3.05, 3.63) is 0 Å². The molecule has 180 valence electrons. The van der Waals surface area contributed by atoms with Crippen LogP contribution in [0.1, 0.15) is 67.2 Å². The van der Waals surface area contributed by atoms with Gasteiger partial charge in [0, 0.05) is 51.9 Å². The van der Waals surface area contributed by atoms with Gasteiger partial charge in [0.1, 0.15) is 0 Å². The van der Waals surface area contributed by atoms with E-state index in [0.29, 0.717) is 0 Å². The Morgan fingerprint density at radius 3 is 1.00 bits per heavy atom. The summed E-state index contributed by atoms with van der Waals surface area (Å²) in [5.41, 5.74) is 1.90. The number of piperidine rings is 2. The molecule has 0 unspecified atom stereocenters. The second-order valence-corrected chi connectivity index (χ2v) is 7.12. The van der Waals surface area contributed by atoms with E-state index in [1.54, 1.807) is 0 Å². The van der Waals surface area contributed by atoms with Crippen LogP contribution in [0.3, 0.4) is 0 Å². The molecule has 0 spiro atoms. The SMILES string of the molecule is CCN1CCC(=NO)CC1.CCN1CCC(=NO)CC1.CCNCC.CCNCC. The van der Waals surface area contributed by atoms with E-state index in [-0.39, 0.29) is 0 Å². The average Bonchev–Trinajstić information content (AvgIpc) is 2.81. The van der Waals surface area contributed by atoms with Crippen LogP contribution in [0.2, 0.25) is 0 Å². The van der Waals surface area contributed by atoms with Gasteiger partial charge in [-0.1, -0.05) is 51.9 Å². The predicted molar refractivity (Wildman–Crippen MR) is 130 cm³/mol. The van der Waals surface area contributed by atoms with Gasteiger partial charge in [0.2, 0.25) is 0 Å². The van der Waals surface area contributed by atoms with Crippen molar-refractivity contribution < 1.29 is 10.4 Å². The van der Waals surface area contributed by atoms with Crippen molar-refractivity contribution in [1.29, 1.82) is 0 Å². The second-order valence-electron chi connectivity index (χ2n) is 7.12. The summed E-state index contributed by atoms with van der Waals surface area (Å²) in [6.45, 7) is 23.5. The summed E-state index contributed by atoms with van der Waals surface area (Å²) in [5.74, 6) is 0. The van der Waals surface area contributed by atoms with Crippen molar-refractivity contribution in [3.63, 3.8) is 0 Å². The van der Waals surface area contributed by atoms with E-state index < -0.39 is 0 Å². The Labute approximate surface area is 185 Å². The first-order valence-electron chi connectivity index (χ1n) is 11.8. The molecule has 0 aromatic heterocycles. The third-order valence-electron chi connectivity index (χ3n) is 5.04. The maximum atomic E-state index is 8.42. The minimum Gasteiger partial charge on any atom is -0.411 e. The molecule has 2 rings (SSSR count). The molecule has 0 radical (unpaired) electrons. The maximum Gasteiger partial charge on any atom is 0.0596 e. The minimum absolute atomic E-state index is 0.935. The Morgan fingerprint density at radius 2 is 0.867 bits per heavy atom. The molecule has 0 aromatic carbocycles. The molecule has 30 heavy (non-hydrogen) atoms. The first-order chi connectivity index (χ1) is 14.6. The van der Waals surface area contributed by atoms with Crippen molar-refractivity contribution in [1.82, 2.24) is 20.4 Å². The van der Waals surface area contributed by atoms with E-state index in [1.807, 2.05) is 0 Å². The minimum atomic E-state index is 0.935. The van der Waals surface area contributed by atoms with Gasteiger partial charge in [-0.15, -0.1) is 0 Å². The first kappa shape index (κ1) is 31.0. The van der Waals surface area contributed by atoms with Gasteiger partial charge in [0.05, 0.1) is 11.4 Å². The molecule has 2 heterocycles. The molecule has 2 saturated heterocycles. The van der Waals surface area contributed by atoms with E-state index in [0.717, 1.165) is 103 Å². The lowest BCUT2D eigenvalue weighted by molar-refractivity contribution is 0.274. The number of hydrogen-bond donors (Lipinski definition) is 4. The molecule has 0 aromatic rings. The maximum absolute atomic E-state index is 8.42. The zero-order chi connectivity index (χ0) is 23.0. The standard InChI is InChI=1S/2C7H14N2O.2C4H11N/c2*1-2-9-5-3-7(8-10)4-6-9;2*1-3-5-4-2/h2*10H,2-6H2,1H3;2*5H,3-4H2,1-2H3. The van der Waals surface area contributed by atoms with Crippen molar-refractivity contribution in [3.8, 4) is 0 Å². The molecule has 0 amide bonds. The summed E-state index contributed by atoms with van der Waals surface area (Å²) < 4.78 is 0. The van der Waals surface area contributed by atoms with Gasteiger partial charge < -0.3 is 30.8 Å². The predicted octanol–water partition coefficient (Wildman–Crippen LogP) is 3.10. The summed E-state index contributed by atoms with van der Waals surface area (Å²) >= 11 is 0. The van der Waals surface area contributed by atoms with Gasteiger partial charge in [-0.2, -0.15) is 0 Å². The smallest absolute Gasteiger partial charge is 0.0596 e. The molecule has 8 heteroatoms. The highest BCUT2D eigenvalue weighted by Gasteiger charge is 2.13. The highest BCUT2D eigenvalue weighted by Crippen LogP contribution is 2.06. The Bertz CT molecular complexity index is 356. The van der Waals surface area contributed by atoms with Gasteiger partial charge in [0.25, 0.3) is 0 Å². The van der Waals surface area contributed by atoms with Crippen LogP contribution in [0, 0.1) is 0 Å². The first-order valence-corrected chi connectivity index (χ1v) is 11.8. The van der Waals surface area contributed by atoms with E-state index in [2.05, 4.69) is 72.3 Å². The lowest BCUT2D eigenvalue weighted by Crippen LogP contribution is -2.33. The van der Waals surface area contributed by atoms with Crippen molar-refractivity contribution in [2.24, 2.45) is 10.3 Å². The summed E-state index contributed by atoms with van der Waals surface area (Å²) in [4.78, 5) is 4.71. The van der Waals surface area contributed by atoms with Gasteiger partial charge in [0.15, 0.2) is 0 Å². The number of nitrogens with zero attached hydrogens (tertiary/aromatic N) is 4. The van der Waals surface area contributed by atoms with Crippen LogP contribution < -0.4 is 10.6 Å². The van der Waals surface area contributed by atoms with E-state index >= 15 is 0 Å². The highest BCUT2D eigenvalue weighted by molar-refractivity contribution is 5.85. The second kappa shape index (κ2) is 24.1. The fourth-order valence-corrected chi connectivity index (χ4v) is 2.95. The topological polar surface area (TPSA) is 95.7 Å². The summed E-state index contributed by atoms with van der Waals surface area (Å²) in [5, 5.41) is 29.5. The molecule has 2 fully saturated rings. The van der Waals surface area contributed by atoms with Crippen molar-refractivity contribution in [2.75, 3.05) is 65.4 Å². The molecular formula is C22H50N6O2. The number of likely N-dealkylation sites (tertiary alicyclic amines) is 2. The molecule has 0 atom stereocenters. The third kappa shape index (κ3) is 18.8. The third-order valence-corrected chi connectivity index (χ3v) is 5.04. The molecule has 2 aliphatic rings. The lowest BCUT2D eigenvalue weighted by atomic mass is 10.1. The lowest BCUT2D eigenvalue weighted by Gasteiger charge is -2.24. The van der Waals surface area contributed by atoms with Crippen LogP contribution in [0.5, 0.6) is 0 Å². The van der Waals surface area contributed by atoms with Gasteiger partial charge in [-0.05, 0) is 39.3 Å². The molecule has 0 bridgehead atoms. The average molecular weight is 431 g/mol. The van der Waals surface area contributed by atoms with E-state index in [1.165, 1.54) is 0 Å². The molecule has 2 aliphatic heterocycles. The number of oxime groups is 2. The van der Waals surface area contributed by atoms with Crippen LogP contribution in [-0.4, -0.2) is 97.1 Å². The summed E-state index contributed by atoms with van der Waals surface area (Å²) in [7, 11) is 0.